The fraction of sp³-hybridized carbons (Fsp3) is 0.900. The molecule has 1 rings (SSSR count). The first-order chi connectivity index (χ1) is 6.65. The zero-order chi connectivity index (χ0) is 10.6. The van der Waals surface area contributed by atoms with Gasteiger partial charge in [-0.2, -0.15) is 11.8 Å². The Labute approximate surface area is 89.9 Å². The van der Waals surface area contributed by atoms with Crippen molar-refractivity contribution in [3.63, 3.8) is 0 Å². The highest BCUT2D eigenvalue weighted by molar-refractivity contribution is 7.98. The Morgan fingerprint density at radius 1 is 1.64 bits per heavy atom. The molecular weight excluding hydrogens is 198 g/mol. The van der Waals surface area contributed by atoms with E-state index < -0.39 is 5.97 Å². The van der Waals surface area contributed by atoms with Crippen LogP contribution in [-0.4, -0.2) is 47.1 Å². The third-order valence-corrected chi connectivity index (χ3v) is 3.54. The van der Waals surface area contributed by atoms with Gasteiger partial charge in [-0.05, 0) is 32.6 Å². The normalized spacial score (nSPS) is 29.0. The summed E-state index contributed by atoms with van der Waals surface area (Å²) in [7, 11) is 0. The maximum atomic E-state index is 10.8. The number of piperidine rings is 1. The lowest BCUT2D eigenvalue weighted by atomic mass is 9.92. The van der Waals surface area contributed by atoms with Crippen LogP contribution >= 0.6 is 11.8 Å². The molecule has 14 heavy (non-hydrogen) atoms. The van der Waals surface area contributed by atoms with E-state index in [1.165, 1.54) is 0 Å². The van der Waals surface area contributed by atoms with Crippen LogP contribution in [0.15, 0.2) is 0 Å². The van der Waals surface area contributed by atoms with Crippen molar-refractivity contribution >= 4 is 17.7 Å². The molecule has 0 aliphatic carbocycles. The molecule has 1 saturated heterocycles. The SMILES string of the molecule is CSCCN1CCC(C(=O)O)CC1C. The van der Waals surface area contributed by atoms with Crippen LogP contribution in [0.4, 0.5) is 0 Å². The number of carbonyl (C=O) groups is 1. The Hall–Kier alpha value is -0.220. The second-order valence-electron chi connectivity index (χ2n) is 3.94. The Morgan fingerprint density at radius 2 is 2.36 bits per heavy atom. The molecule has 82 valence electrons. The molecule has 0 aromatic carbocycles. The smallest absolute Gasteiger partial charge is 0.306 e. The highest BCUT2D eigenvalue weighted by atomic mass is 32.2. The molecule has 1 fully saturated rings. The van der Waals surface area contributed by atoms with Crippen LogP contribution in [0.25, 0.3) is 0 Å². The molecule has 0 bridgehead atoms. The minimum absolute atomic E-state index is 0.115. The van der Waals surface area contributed by atoms with Crippen LogP contribution in [0.2, 0.25) is 0 Å². The summed E-state index contributed by atoms with van der Waals surface area (Å²) in [6, 6.07) is 0.428. The zero-order valence-corrected chi connectivity index (χ0v) is 9.72. The van der Waals surface area contributed by atoms with Gasteiger partial charge in [0.1, 0.15) is 0 Å². The average molecular weight is 217 g/mol. The Balaban J connectivity index is 2.35. The Bertz CT molecular complexity index is 199. The van der Waals surface area contributed by atoms with Crippen molar-refractivity contribution in [3.8, 4) is 0 Å². The van der Waals surface area contributed by atoms with Gasteiger partial charge in [-0.1, -0.05) is 0 Å². The number of nitrogens with zero attached hydrogens (tertiary/aromatic N) is 1. The molecule has 0 saturated carbocycles. The molecule has 1 N–H and O–H groups in total. The standard InChI is InChI=1S/C10H19NO2S/c1-8-7-9(10(12)13)3-4-11(8)5-6-14-2/h8-9H,3-7H2,1-2H3,(H,12,13). The lowest BCUT2D eigenvalue weighted by Crippen LogP contribution is -2.43. The lowest BCUT2D eigenvalue weighted by Gasteiger charge is -2.36. The van der Waals surface area contributed by atoms with Crippen LogP contribution < -0.4 is 0 Å². The van der Waals surface area contributed by atoms with Crippen molar-refractivity contribution in [2.45, 2.75) is 25.8 Å². The number of carboxylic acid groups (broad SMARTS) is 1. The predicted octanol–water partition coefficient (Wildman–Crippen LogP) is 1.53. The van der Waals surface area contributed by atoms with E-state index >= 15 is 0 Å². The monoisotopic (exact) mass is 217 g/mol. The molecular formula is C10H19NO2S. The fourth-order valence-corrected chi connectivity index (χ4v) is 2.40. The maximum absolute atomic E-state index is 10.8. The molecule has 1 aliphatic rings. The molecule has 2 atom stereocenters. The first-order valence-corrected chi connectivity index (χ1v) is 6.50. The van der Waals surface area contributed by atoms with Crippen LogP contribution in [0, 0.1) is 5.92 Å². The topological polar surface area (TPSA) is 40.5 Å². The number of carboxylic acids is 1. The van der Waals surface area contributed by atoms with Crippen molar-refractivity contribution in [3.05, 3.63) is 0 Å². The van der Waals surface area contributed by atoms with Gasteiger partial charge in [0.05, 0.1) is 5.92 Å². The van der Waals surface area contributed by atoms with Crippen LogP contribution in [0.5, 0.6) is 0 Å². The van der Waals surface area contributed by atoms with E-state index in [0.29, 0.717) is 6.04 Å². The molecule has 3 nitrogen and oxygen atoms in total. The largest absolute Gasteiger partial charge is 0.481 e. The van der Waals surface area contributed by atoms with Gasteiger partial charge in [-0.25, -0.2) is 0 Å². The summed E-state index contributed by atoms with van der Waals surface area (Å²) in [6.07, 6.45) is 3.73. The van der Waals surface area contributed by atoms with Crippen molar-refractivity contribution in [1.29, 1.82) is 0 Å². The van der Waals surface area contributed by atoms with Crippen LogP contribution in [0.1, 0.15) is 19.8 Å². The number of likely N-dealkylation sites (tertiary alicyclic amines) is 1. The molecule has 0 aromatic rings. The van der Waals surface area contributed by atoms with Crippen molar-refractivity contribution < 1.29 is 9.90 Å². The summed E-state index contributed by atoms with van der Waals surface area (Å²) in [4.78, 5) is 13.2. The molecule has 0 spiro atoms. The molecule has 2 unspecified atom stereocenters. The molecule has 0 aromatic heterocycles. The van der Waals surface area contributed by atoms with E-state index in [1.807, 2.05) is 11.8 Å². The van der Waals surface area contributed by atoms with Gasteiger partial charge in [0.15, 0.2) is 0 Å². The predicted molar refractivity (Wildman–Crippen MR) is 59.8 cm³/mol. The summed E-state index contributed by atoms with van der Waals surface area (Å²) >= 11 is 1.85. The first kappa shape index (κ1) is 11.9. The van der Waals surface area contributed by atoms with Gasteiger partial charge < -0.3 is 5.11 Å². The van der Waals surface area contributed by atoms with E-state index in [4.69, 9.17) is 5.11 Å². The highest BCUT2D eigenvalue weighted by Gasteiger charge is 2.28. The average Bonchev–Trinajstić information content (AvgIpc) is 2.15. The Kier molecular flexibility index (Phi) is 4.75. The van der Waals surface area contributed by atoms with E-state index in [9.17, 15) is 4.79 Å². The van der Waals surface area contributed by atoms with E-state index in [2.05, 4.69) is 18.1 Å². The second-order valence-corrected chi connectivity index (χ2v) is 4.92. The van der Waals surface area contributed by atoms with Crippen molar-refractivity contribution in [2.75, 3.05) is 25.1 Å². The Morgan fingerprint density at radius 3 is 2.86 bits per heavy atom. The molecule has 1 aliphatic heterocycles. The minimum Gasteiger partial charge on any atom is -0.481 e. The van der Waals surface area contributed by atoms with E-state index in [-0.39, 0.29) is 5.92 Å². The molecule has 0 amide bonds. The zero-order valence-electron chi connectivity index (χ0n) is 8.90. The summed E-state index contributed by atoms with van der Waals surface area (Å²) in [5.41, 5.74) is 0. The number of aliphatic carboxylic acids is 1. The van der Waals surface area contributed by atoms with E-state index in [1.54, 1.807) is 0 Å². The lowest BCUT2D eigenvalue weighted by molar-refractivity contribution is -0.144. The van der Waals surface area contributed by atoms with Gasteiger partial charge in [0.2, 0.25) is 0 Å². The minimum atomic E-state index is -0.624. The molecule has 1 heterocycles. The maximum Gasteiger partial charge on any atom is 0.306 e. The fourth-order valence-electron chi connectivity index (χ4n) is 1.99. The van der Waals surface area contributed by atoms with Gasteiger partial charge in [-0.3, -0.25) is 9.69 Å². The van der Waals surface area contributed by atoms with Crippen molar-refractivity contribution in [1.82, 2.24) is 4.90 Å². The van der Waals surface area contributed by atoms with Gasteiger partial charge in [0.25, 0.3) is 0 Å². The molecule has 4 heteroatoms. The highest BCUT2D eigenvalue weighted by Crippen LogP contribution is 2.22. The van der Waals surface area contributed by atoms with Crippen LogP contribution in [-0.2, 0) is 4.79 Å². The summed E-state index contributed by atoms with van der Waals surface area (Å²) in [5, 5.41) is 8.90. The summed E-state index contributed by atoms with van der Waals surface area (Å²) in [5.74, 6) is 0.402. The quantitative estimate of drug-likeness (QED) is 0.775. The summed E-state index contributed by atoms with van der Waals surface area (Å²) < 4.78 is 0. The van der Waals surface area contributed by atoms with Gasteiger partial charge >= 0.3 is 5.97 Å². The third kappa shape index (κ3) is 3.17. The third-order valence-electron chi connectivity index (χ3n) is 2.95. The van der Waals surface area contributed by atoms with Crippen LogP contribution in [0.3, 0.4) is 0 Å². The number of rotatable bonds is 4. The first-order valence-electron chi connectivity index (χ1n) is 5.11. The number of hydrogen-bond acceptors (Lipinski definition) is 3. The van der Waals surface area contributed by atoms with E-state index in [0.717, 1.165) is 31.7 Å². The number of thioether (sulfide) groups is 1. The van der Waals surface area contributed by atoms with Crippen molar-refractivity contribution in [2.24, 2.45) is 5.92 Å². The van der Waals surface area contributed by atoms with Gasteiger partial charge in [-0.15, -0.1) is 0 Å². The van der Waals surface area contributed by atoms with Gasteiger partial charge in [0, 0.05) is 18.3 Å². The summed E-state index contributed by atoms with van der Waals surface area (Å²) in [6.45, 7) is 4.17. The number of hydrogen-bond donors (Lipinski definition) is 1. The second kappa shape index (κ2) is 5.61. The molecule has 0 radical (unpaired) electrons.